The zero-order valence-corrected chi connectivity index (χ0v) is 13.0. The van der Waals surface area contributed by atoms with Crippen molar-refractivity contribution in [2.75, 3.05) is 18.5 Å². The first-order valence-electron chi connectivity index (χ1n) is 6.39. The Morgan fingerprint density at radius 1 is 1.30 bits per heavy atom. The number of anilines is 1. The predicted octanol–water partition coefficient (Wildman–Crippen LogP) is 3.66. The number of para-hydroxylation sites is 1. The molecule has 0 aliphatic carbocycles. The normalized spacial score (nSPS) is 11.9. The molecular weight excluding hydrogens is 292 g/mol. The van der Waals surface area contributed by atoms with Crippen molar-refractivity contribution in [2.24, 2.45) is 0 Å². The topological polar surface area (TPSA) is 32.3 Å². The summed E-state index contributed by atoms with van der Waals surface area (Å²) in [7, 11) is 2.02. The number of likely N-dealkylation sites (N-methyl/N-ethyl adjacent to an activating group) is 1. The number of nitrogens with zero attached hydrogens (tertiary/aromatic N) is 1. The quantitative estimate of drug-likeness (QED) is 0.914. The average Bonchev–Trinajstić information content (AvgIpc) is 2.91. The number of hydrogen-bond donors (Lipinski definition) is 1. The predicted molar refractivity (Wildman–Crippen MR) is 86.0 cm³/mol. The molecule has 1 atom stereocenters. The number of halogens is 1. The summed E-state index contributed by atoms with van der Waals surface area (Å²) in [6, 6.07) is 13.8. The van der Waals surface area contributed by atoms with Gasteiger partial charge in [-0.15, -0.1) is 11.3 Å². The fourth-order valence-corrected chi connectivity index (χ4v) is 2.78. The molecule has 0 aliphatic rings. The molecular formula is C15H17ClN2OS. The van der Waals surface area contributed by atoms with Crippen LogP contribution in [0.15, 0.2) is 42.5 Å². The minimum Gasteiger partial charge on any atom is -0.370 e. The number of carbonyl (C=O) groups excluding carboxylic acids is 1. The molecule has 3 nitrogen and oxygen atoms in total. The highest BCUT2D eigenvalue weighted by atomic mass is 35.5. The molecule has 0 unspecified atom stereocenters. The van der Waals surface area contributed by atoms with Gasteiger partial charge in [0.05, 0.1) is 9.21 Å². The highest BCUT2D eigenvalue weighted by Crippen LogP contribution is 2.21. The third-order valence-electron chi connectivity index (χ3n) is 3.18. The van der Waals surface area contributed by atoms with Gasteiger partial charge < -0.3 is 10.2 Å². The molecule has 2 rings (SSSR count). The van der Waals surface area contributed by atoms with Crippen LogP contribution >= 0.6 is 22.9 Å². The van der Waals surface area contributed by atoms with Crippen LogP contribution in [0, 0.1) is 0 Å². The molecule has 1 aromatic carbocycles. The van der Waals surface area contributed by atoms with Crippen molar-refractivity contribution in [3.05, 3.63) is 51.7 Å². The summed E-state index contributed by atoms with van der Waals surface area (Å²) in [5.41, 5.74) is 1.13. The van der Waals surface area contributed by atoms with Gasteiger partial charge >= 0.3 is 0 Å². The van der Waals surface area contributed by atoms with Crippen LogP contribution in [0.3, 0.4) is 0 Å². The molecule has 20 heavy (non-hydrogen) atoms. The molecule has 1 amide bonds. The second-order valence-corrected chi connectivity index (χ2v) is 6.32. The average molecular weight is 309 g/mol. The molecule has 1 aromatic heterocycles. The van der Waals surface area contributed by atoms with E-state index in [-0.39, 0.29) is 11.9 Å². The lowest BCUT2D eigenvalue weighted by Gasteiger charge is -2.27. The van der Waals surface area contributed by atoms with Gasteiger partial charge in [-0.3, -0.25) is 4.79 Å². The first-order chi connectivity index (χ1) is 9.58. The van der Waals surface area contributed by atoms with Gasteiger partial charge in [-0.2, -0.15) is 0 Å². The summed E-state index contributed by atoms with van der Waals surface area (Å²) in [5, 5.41) is 2.93. The SMILES string of the molecule is C[C@H](CNC(=O)c1ccc(Cl)s1)N(C)c1ccccc1. The van der Waals surface area contributed by atoms with Gasteiger partial charge in [-0.05, 0) is 31.2 Å². The Labute approximate surface area is 128 Å². The van der Waals surface area contributed by atoms with E-state index in [1.807, 2.05) is 25.2 Å². The number of rotatable bonds is 5. The summed E-state index contributed by atoms with van der Waals surface area (Å²) in [6.45, 7) is 2.66. The Balaban J connectivity index is 1.89. The lowest BCUT2D eigenvalue weighted by Crippen LogP contribution is -2.40. The maximum Gasteiger partial charge on any atom is 0.261 e. The Bertz CT molecular complexity index is 570. The molecule has 1 heterocycles. The third-order valence-corrected chi connectivity index (χ3v) is 4.41. The number of benzene rings is 1. The number of amides is 1. The molecule has 2 aromatic rings. The van der Waals surface area contributed by atoms with Crippen LogP contribution in [0.4, 0.5) is 5.69 Å². The maximum atomic E-state index is 11.9. The van der Waals surface area contributed by atoms with Crippen LogP contribution in [-0.2, 0) is 0 Å². The van der Waals surface area contributed by atoms with Crippen LogP contribution < -0.4 is 10.2 Å². The number of carbonyl (C=O) groups is 1. The Hall–Kier alpha value is -1.52. The Morgan fingerprint density at radius 3 is 2.60 bits per heavy atom. The van der Waals surface area contributed by atoms with Crippen molar-refractivity contribution in [1.29, 1.82) is 0 Å². The molecule has 0 radical (unpaired) electrons. The molecule has 0 aliphatic heterocycles. The van der Waals surface area contributed by atoms with Crippen molar-refractivity contribution in [2.45, 2.75) is 13.0 Å². The first kappa shape index (κ1) is 14.9. The zero-order chi connectivity index (χ0) is 14.5. The molecule has 1 N–H and O–H groups in total. The van der Waals surface area contributed by atoms with E-state index < -0.39 is 0 Å². The van der Waals surface area contributed by atoms with Crippen LogP contribution in [0.1, 0.15) is 16.6 Å². The fraction of sp³-hybridized carbons (Fsp3) is 0.267. The van der Waals surface area contributed by atoms with Crippen molar-refractivity contribution in [1.82, 2.24) is 5.32 Å². The Morgan fingerprint density at radius 2 is 2.00 bits per heavy atom. The molecule has 5 heteroatoms. The van der Waals surface area contributed by atoms with Gasteiger partial charge in [0.25, 0.3) is 5.91 Å². The van der Waals surface area contributed by atoms with Crippen molar-refractivity contribution < 1.29 is 4.79 Å². The molecule has 0 spiro atoms. The van der Waals surface area contributed by atoms with Crippen molar-refractivity contribution >= 4 is 34.5 Å². The lowest BCUT2D eigenvalue weighted by molar-refractivity contribution is 0.0955. The van der Waals surface area contributed by atoms with Crippen molar-refractivity contribution in [3.8, 4) is 0 Å². The van der Waals surface area contributed by atoms with Crippen LogP contribution in [0.5, 0.6) is 0 Å². The fourth-order valence-electron chi connectivity index (χ4n) is 1.82. The number of thiophene rings is 1. The lowest BCUT2D eigenvalue weighted by atomic mass is 10.2. The summed E-state index contributed by atoms with van der Waals surface area (Å²) in [4.78, 5) is 14.7. The standard InChI is InChI=1S/C15H17ClN2OS/c1-11(18(2)12-6-4-3-5-7-12)10-17-15(19)13-8-9-14(16)20-13/h3-9,11H,10H2,1-2H3,(H,17,19)/t11-/m1/s1. The van der Waals surface area contributed by atoms with E-state index in [0.717, 1.165) is 5.69 Å². The molecule has 106 valence electrons. The smallest absolute Gasteiger partial charge is 0.261 e. The molecule has 0 saturated carbocycles. The highest BCUT2D eigenvalue weighted by molar-refractivity contribution is 7.17. The third kappa shape index (κ3) is 3.74. The molecule has 0 bridgehead atoms. The van der Waals surface area contributed by atoms with Gasteiger partial charge in [-0.25, -0.2) is 0 Å². The van der Waals surface area contributed by atoms with Crippen LogP contribution in [0.2, 0.25) is 4.34 Å². The van der Waals surface area contributed by atoms with E-state index >= 15 is 0 Å². The van der Waals surface area contributed by atoms with Crippen molar-refractivity contribution in [3.63, 3.8) is 0 Å². The highest BCUT2D eigenvalue weighted by Gasteiger charge is 2.13. The van der Waals surface area contributed by atoms with E-state index in [0.29, 0.717) is 15.8 Å². The monoisotopic (exact) mass is 308 g/mol. The van der Waals surface area contributed by atoms with Gasteiger partial charge in [0.1, 0.15) is 0 Å². The maximum absolute atomic E-state index is 11.9. The Kier molecular flexibility index (Phi) is 5.04. The van der Waals surface area contributed by atoms with Gasteiger partial charge in [0.15, 0.2) is 0 Å². The van der Waals surface area contributed by atoms with E-state index in [4.69, 9.17) is 11.6 Å². The van der Waals surface area contributed by atoms with E-state index in [1.165, 1.54) is 11.3 Å². The first-order valence-corrected chi connectivity index (χ1v) is 7.59. The summed E-state index contributed by atoms with van der Waals surface area (Å²) in [5.74, 6) is -0.0739. The van der Waals surface area contributed by atoms with Gasteiger partial charge in [-0.1, -0.05) is 29.8 Å². The summed E-state index contributed by atoms with van der Waals surface area (Å²) in [6.07, 6.45) is 0. The minimum absolute atomic E-state index is 0.0739. The van der Waals surface area contributed by atoms with E-state index in [9.17, 15) is 4.79 Å². The van der Waals surface area contributed by atoms with Gasteiger partial charge in [0.2, 0.25) is 0 Å². The summed E-state index contributed by atoms with van der Waals surface area (Å²) >= 11 is 7.12. The number of nitrogens with one attached hydrogen (secondary N) is 1. The second kappa shape index (κ2) is 6.77. The van der Waals surface area contributed by atoms with Crippen LogP contribution in [-0.4, -0.2) is 25.5 Å². The molecule has 0 fully saturated rings. The number of hydrogen-bond acceptors (Lipinski definition) is 3. The van der Waals surface area contributed by atoms with Crippen LogP contribution in [0.25, 0.3) is 0 Å². The zero-order valence-electron chi connectivity index (χ0n) is 11.5. The molecule has 0 saturated heterocycles. The van der Waals surface area contributed by atoms with E-state index in [1.54, 1.807) is 12.1 Å². The minimum atomic E-state index is -0.0739. The largest absolute Gasteiger partial charge is 0.370 e. The van der Waals surface area contributed by atoms with Gasteiger partial charge in [0, 0.05) is 25.3 Å². The van der Waals surface area contributed by atoms with E-state index in [2.05, 4.69) is 29.3 Å². The summed E-state index contributed by atoms with van der Waals surface area (Å²) < 4.78 is 0.629. The second-order valence-electron chi connectivity index (χ2n) is 4.61.